The van der Waals surface area contributed by atoms with Gasteiger partial charge in [0.15, 0.2) is 0 Å². The van der Waals surface area contributed by atoms with Crippen molar-refractivity contribution in [3.63, 3.8) is 0 Å². The summed E-state index contributed by atoms with van der Waals surface area (Å²) in [7, 11) is 1.69. The highest BCUT2D eigenvalue weighted by Crippen LogP contribution is 2.05. The summed E-state index contributed by atoms with van der Waals surface area (Å²) in [6, 6.07) is 0.197. The van der Waals surface area contributed by atoms with Crippen molar-refractivity contribution in [2.45, 2.75) is 39.7 Å². The monoisotopic (exact) mass is 183 g/mol. The molecule has 4 heteroatoms. The molecule has 0 saturated carbocycles. The summed E-state index contributed by atoms with van der Waals surface area (Å²) in [5, 5.41) is 4.19. The first-order chi connectivity index (χ1) is 6.07. The molecule has 0 atom stereocenters. The van der Waals surface area contributed by atoms with Crippen molar-refractivity contribution in [3.05, 3.63) is 16.3 Å². The quantitative estimate of drug-likeness (QED) is 0.704. The second-order valence-electron chi connectivity index (χ2n) is 3.54. The van der Waals surface area contributed by atoms with Gasteiger partial charge in [-0.2, -0.15) is 5.10 Å². The second kappa shape index (κ2) is 3.77. The van der Waals surface area contributed by atoms with Gasteiger partial charge in [-0.1, -0.05) is 6.92 Å². The molecular weight excluding hydrogens is 166 g/mol. The molecule has 0 unspecified atom stereocenters. The molecule has 0 amide bonds. The second-order valence-corrected chi connectivity index (χ2v) is 3.54. The molecule has 74 valence electrons. The van der Waals surface area contributed by atoms with Crippen molar-refractivity contribution >= 4 is 0 Å². The van der Waals surface area contributed by atoms with E-state index in [0.29, 0.717) is 0 Å². The van der Waals surface area contributed by atoms with Gasteiger partial charge in [-0.3, -0.25) is 4.57 Å². The van der Waals surface area contributed by atoms with Crippen LogP contribution < -0.4 is 5.69 Å². The van der Waals surface area contributed by atoms with Gasteiger partial charge in [0.05, 0.1) is 0 Å². The third-order valence-corrected chi connectivity index (χ3v) is 2.02. The van der Waals surface area contributed by atoms with Crippen molar-refractivity contribution in [1.29, 1.82) is 0 Å². The molecule has 0 radical (unpaired) electrons. The van der Waals surface area contributed by atoms with E-state index < -0.39 is 0 Å². The lowest BCUT2D eigenvalue weighted by Crippen LogP contribution is -2.24. The van der Waals surface area contributed by atoms with Crippen LogP contribution in [0.4, 0.5) is 0 Å². The lowest BCUT2D eigenvalue weighted by Gasteiger charge is -2.07. The molecule has 13 heavy (non-hydrogen) atoms. The highest BCUT2D eigenvalue weighted by Gasteiger charge is 2.12. The number of aromatic nitrogens is 3. The molecule has 1 rings (SSSR count). The van der Waals surface area contributed by atoms with Crippen molar-refractivity contribution < 1.29 is 0 Å². The summed E-state index contributed by atoms with van der Waals surface area (Å²) < 4.78 is 3.16. The number of nitrogens with zero attached hydrogens (tertiary/aromatic N) is 3. The minimum atomic E-state index is -0.0153. The van der Waals surface area contributed by atoms with Crippen LogP contribution in [0.25, 0.3) is 0 Å². The van der Waals surface area contributed by atoms with E-state index in [1.54, 1.807) is 11.6 Å². The highest BCUT2D eigenvalue weighted by atomic mass is 16.2. The fourth-order valence-electron chi connectivity index (χ4n) is 1.44. The number of rotatable bonds is 3. The van der Waals surface area contributed by atoms with Gasteiger partial charge in [-0.25, -0.2) is 9.48 Å². The summed E-state index contributed by atoms with van der Waals surface area (Å²) in [4.78, 5) is 11.6. The van der Waals surface area contributed by atoms with Gasteiger partial charge in [-0.05, 0) is 20.3 Å². The first kappa shape index (κ1) is 10.0. The van der Waals surface area contributed by atoms with Crippen LogP contribution in [0.15, 0.2) is 4.79 Å². The highest BCUT2D eigenvalue weighted by molar-refractivity contribution is 4.89. The largest absolute Gasteiger partial charge is 0.345 e. The molecule has 0 fully saturated rings. The van der Waals surface area contributed by atoms with Crippen LogP contribution in [-0.4, -0.2) is 14.3 Å². The smallest absolute Gasteiger partial charge is 0.276 e. The third kappa shape index (κ3) is 1.82. The molecule has 0 spiro atoms. The van der Waals surface area contributed by atoms with Gasteiger partial charge in [-0.15, -0.1) is 0 Å². The van der Waals surface area contributed by atoms with Crippen molar-refractivity contribution in [1.82, 2.24) is 14.3 Å². The van der Waals surface area contributed by atoms with Crippen LogP contribution in [0.5, 0.6) is 0 Å². The SMILES string of the molecule is CCCc1nn(C)c(=O)n1C(C)C. The van der Waals surface area contributed by atoms with Crippen molar-refractivity contribution in [2.75, 3.05) is 0 Å². The average Bonchev–Trinajstić information content (AvgIpc) is 2.28. The molecule has 1 aromatic heterocycles. The van der Waals surface area contributed by atoms with E-state index in [0.717, 1.165) is 18.7 Å². The Balaban J connectivity index is 3.19. The number of hydrogen-bond acceptors (Lipinski definition) is 2. The van der Waals surface area contributed by atoms with E-state index >= 15 is 0 Å². The molecule has 0 N–H and O–H groups in total. The van der Waals surface area contributed by atoms with E-state index in [9.17, 15) is 4.79 Å². The van der Waals surface area contributed by atoms with Crippen molar-refractivity contribution in [3.8, 4) is 0 Å². The van der Waals surface area contributed by atoms with Crippen LogP contribution in [0.1, 0.15) is 39.1 Å². The van der Waals surface area contributed by atoms with Crippen molar-refractivity contribution in [2.24, 2.45) is 7.05 Å². The van der Waals surface area contributed by atoms with E-state index in [1.807, 2.05) is 13.8 Å². The van der Waals surface area contributed by atoms with Gasteiger partial charge >= 0.3 is 5.69 Å². The molecule has 0 aromatic carbocycles. The van der Waals surface area contributed by atoms with Gasteiger partial charge < -0.3 is 0 Å². The molecule has 0 aliphatic carbocycles. The molecule has 0 saturated heterocycles. The fraction of sp³-hybridized carbons (Fsp3) is 0.778. The summed E-state index contributed by atoms with van der Waals surface area (Å²) in [5.74, 6) is 0.894. The molecule has 1 heterocycles. The fourth-order valence-corrected chi connectivity index (χ4v) is 1.44. The maximum absolute atomic E-state index is 11.6. The lowest BCUT2D eigenvalue weighted by molar-refractivity contribution is 0.544. The first-order valence-electron chi connectivity index (χ1n) is 4.72. The van der Waals surface area contributed by atoms with Crippen LogP contribution in [0, 0.1) is 0 Å². The Bertz CT molecular complexity index is 335. The van der Waals surface area contributed by atoms with E-state index in [2.05, 4.69) is 12.0 Å². The Morgan fingerprint density at radius 1 is 1.46 bits per heavy atom. The Morgan fingerprint density at radius 2 is 2.08 bits per heavy atom. The summed E-state index contributed by atoms with van der Waals surface area (Å²) in [5.41, 5.74) is -0.0153. The van der Waals surface area contributed by atoms with E-state index in [1.165, 1.54) is 4.68 Å². The lowest BCUT2D eigenvalue weighted by atomic mass is 10.3. The predicted octanol–water partition coefficient (Wildman–Crippen LogP) is 1.12. The average molecular weight is 183 g/mol. The molecule has 4 nitrogen and oxygen atoms in total. The Hall–Kier alpha value is -1.06. The number of hydrogen-bond donors (Lipinski definition) is 0. The predicted molar refractivity (Wildman–Crippen MR) is 51.8 cm³/mol. The Kier molecular flexibility index (Phi) is 2.90. The topological polar surface area (TPSA) is 39.8 Å². The van der Waals surface area contributed by atoms with Crippen LogP contribution in [0.2, 0.25) is 0 Å². The Morgan fingerprint density at radius 3 is 2.54 bits per heavy atom. The minimum absolute atomic E-state index is 0.0153. The molecular formula is C9H17N3O. The van der Waals surface area contributed by atoms with Gasteiger partial charge in [0.1, 0.15) is 5.82 Å². The summed E-state index contributed by atoms with van der Waals surface area (Å²) in [6.45, 7) is 6.09. The minimum Gasteiger partial charge on any atom is -0.276 e. The molecule has 1 aromatic rings. The maximum atomic E-state index is 11.6. The summed E-state index contributed by atoms with van der Waals surface area (Å²) >= 11 is 0. The van der Waals surface area contributed by atoms with Gasteiger partial charge in [0, 0.05) is 19.5 Å². The van der Waals surface area contributed by atoms with Gasteiger partial charge in [0.2, 0.25) is 0 Å². The summed E-state index contributed by atoms with van der Waals surface area (Å²) in [6.07, 6.45) is 1.89. The van der Waals surface area contributed by atoms with Crippen LogP contribution in [0.3, 0.4) is 0 Å². The molecule has 0 aliphatic rings. The maximum Gasteiger partial charge on any atom is 0.345 e. The normalized spacial score (nSPS) is 11.2. The van der Waals surface area contributed by atoms with E-state index in [4.69, 9.17) is 0 Å². The van der Waals surface area contributed by atoms with Crippen LogP contribution >= 0.6 is 0 Å². The molecule has 0 aliphatic heterocycles. The molecule has 0 bridgehead atoms. The first-order valence-corrected chi connectivity index (χ1v) is 4.72. The van der Waals surface area contributed by atoms with Crippen LogP contribution in [-0.2, 0) is 13.5 Å². The zero-order chi connectivity index (χ0) is 10.0. The zero-order valence-electron chi connectivity index (χ0n) is 8.74. The third-order valence-electron chi connectivity index (χ3n) is 2.02. The Labute approximate surface area is 78.2 Å². The van der Waals surface area contributed by atoms with Gasteiger partial charge in [0.25, 0.3) is 0 Å². The number of aryl methyl sites for hydroxylation is 2. The standard InChI is InChI=1S/C9H17N3O/c1-5-6-8-10-11(4)9(13)12(8)7(2)3/h7H,5-6H2,1-4H3. The van der Waals surface area contributed by atoms with E-state index in [-0.39, 0.29) is 11.7 Å². The zero-order valence-corrected chi connectivity index (χ0v) is 8.74.